The number of fused-ring (bicyclic) bond motifs is 1. The molecular weight excluding hydrogens is 436 g/mol. The third-order valence-electron chi connectivity index (χ3n) is 5.28. The molecule has 0 unspecified atom stereocenters. The SMILES string of the molecule is CCc1ccc(OCC(=O)Nc2ccc3oc(-c4cc(OC)c(OC)c(OC)c4)nc3c2)cc1. The molecular formula is C26H26N2O6. The number of ether oxygens (including phenoxy) is 4. The van der Waals surface area contributed by atoms with Crippen LogP contribution in [0.15, 0.2) is 59.0 Å². The number of carbonyl (C=O) groups excluding carboxylic acids is 1. The fourth-order valence-electron chi connectivity index (χ4n) is 3.50. The van der Waals surface area contributed by atoms with Crippen molar-refractivity contribution in [2.45, 2.75) is 13.3 Å². The molecule has 1 N–H and O–H groups in total. The topological polar surface area (TPSA) is 92.1 Å². The molecule has 0 saturated heterocycles. The predicted octanol–water partition coefficient (Wildman–Crippen LogP) is 5.10. The van der Waals surface area contributed by atoms with Crippen molar-refractivity contribution in [1.29, 1.82) is 0 Å². The number of hydrogen-bond donors (Lipinski definition) is 1. The number of benzene rings is 3. The Morgan fingerprint density at radius 3 is 2.26 bits per heavy atom. The van der Waals surface area contributed by atoms with Crippen LogP contribution in [-0.2, 0) is 11.2 Å². The van der Waals surface area contributed by atoms with E-state index in [0.29, 0.717) is 51.2 Å². The first-order valence-corrected chi connectivity index (χ1v) is 10.8. The Hall–Kier alpha value is -4.20. The number of oxazole rings is 1. The molecule has 8 heteroatoms. The molecule has 34 heavy (non-hydrogen) atoms. The zero-order valence-corrected chi connectivity index (χ0v) is 19.5. The highest BCUT2D eigenvalue weighted by Gasteiger charge is 2.17. The van der Waals surface area contributed by atoms with E-state index < -0.39 is 0 Å². The summed E-state index contributed by atoms with van der Waals surface area (Å²) in [5.74, 6) is 2.24. The number of nitrogens with one attached hydrogen (secondary N) is 1. The van der Waals surface area contributed by atoms with Gasteiger partial charge in [0.2, 0.25) is 11.6 Å². The first kappa shape index (κ1) is 23.0. The van der Waals surface area contributed by atoms with E-state index in [4.69, 9.17) is 23.4 Å². The summed E-state index contributed by atoms with van der Waals surface area (Å²) < 4.78 is 27.7. The van der Waals surface area contributed by atoms with Gasteiger partial charge in [-0.1, -0.05) is 19.1 Å². The van der Waals surface area contributed by atoms with Crippen molar-refractivity contribution in [1.82, 2.24) is 4.98 Å². The molecule has 0 aliphatic carbocycles. The first-order chi connectivity index (χ1) is 16.5. The Labute approximate surface area is 197 Å². The van der Waals surface area contributed by atoms with Crippen molar-refractivity contribution in [3.05, 3.63) is 60.2 Å². The van der Waals surface area contributed by atoms with Crippen LogP contribution in [0.2, 0.25) is 0 Å². The first-order valence-electron chi connectivity index (χ1n) is 10.8. The van der Waals surface area contributed by atoms with Gasteiger partial charge in [-0.2, -0.15) is 0 Å². The van der Waals surface area contributed by atoms with Crippen molar-refractivity contribution < 1.29 is 28.2 Å². The molecule has 0 bridgehead atoms. The Bertz CT molecular complexity index is 1270. The Balaban J connectivity index is 1.49. The minimum absolute atomic E-state index is 0.0982. The lowest BCUT2D eigenvalue weighted by Crippen LogP contribution is -2.20. The predicted molar refractivity (Wildman–Crippen MR) is 129 cm³/mol. The third-order valence-corrected chi connectivity index (χ3v) is 5.28. The van der Waals surface area contributed by atoms with E-state index in [1.165, 1.54) is 5.56 Å². The molecule has 0 fully saturated rings. The molecule has 0 aliphatic heterocycles. The number of rotatable bonds is 9. The van der Waals surface area contributed by atoms with Crippen molar-refractivity contribution in [2.24, 2.45) is 0 Å². The zero-order valence-electron chi connectivity index (χ0n) is 19.5. The van der Waals surface area contributed by atoms with Crippen molar-refractivity contribution in [3.63, 3.8) is 0 Å². The van der Waals surface area contributed by atoms with Crippen molar-refractivity contribution in [3.8, 4) is 34.5 Å². The number of aryl methyl sites for hydroxylation is 1. The van der Waals surface area contributed by atoms with E-state index in [0.717, 1.165) is 6.42 Å². The molecule has 1 heterocycles. The van der Waals surface area contributed by atoms with Gasteiger partial charge in [-0.3, -0.25) is 4.79 Å². The standard InChI is InChI=1S/C26H26N2O6/c1-5-16-6-9-19(10-7-16)33-15-24(29)27-18-8-11-21-20(14-18)28-26(34-21)17-12-22(30-2)25(32-4)23(13-17)31-3/h6-14H,5,15H2,1-4H3,(H,27,29). The minimum Gasteiger partial charge on any atom is -0.493 e. The summed E-state index contributed by atoms with van der Waals surface area (Å²) in [5.41, 5.74) is 3.64. The van der Waals surface area contributed by atoms with Gasteiger partial charge >= 0.3 is 0 Å². The average Bonchev–Trinajstić information content (AvgIpc) is 3.30. The van der Waals surface area contributed by atoms with E-state index in [1.807, 2.05) is 24.3 Å². The summed E-state index contributed by atoms with van der Waals surface area (Å²) in [5, 5.41) is 2.83. The average molecular weight is 463 g/mol. The quantitative estimate of drug-likeness (QED) is 0.370. The number of anilines is 1. The molecule has 1 aromatic heterocycles. The summed E-state index contributed by atoms with van der Waals surface area (Å²) >= 11 is 0. The summed E-state index contributed by atoms with van der Waals surface area (Å²) in [6.45, 7) is 1.99. The van der Waals surface area contributed by atoms with Crippen LogP contribution in [0.3, 0.4) is 0 Å². The monoisotopic (exact) mass is 462 g/mol. The van der Waals surface area contributed by atoms with Crippen LogP contribution in [0, 0.1) is 0 Å². The maximum absolute atomic E-state index is 12.4. The van der Waals surface area contributed by atoms with Crippen molar-refractivity contribution >= 4 is 22.7 Å². The highest BCUT2D eigenvalue weighted by atomic mass is 16.5. The second-order valence-corrected chi connectivity index (χ2v) is 7.45. The van der Waals surface area contributed by atoms with Gasteiger partial charge in [-0.15, -0.1) is 0 Å². The van der Waals surface area contributed by atoms with Gasteiger partial charge in [0.1, 0.15) is 11.3 Å². The van der Waals surface area contributed by atoms with E-state index in [2.05, 4.69) is 17.2 Å². The third kappa shape index (κ3) is 4.91. The summed E-state index contributed by atoms with van der Waals surface area (Å²) in [6.07, 6.45) is 0.951. The number of hydrogen-bond acceptors (Lipinski definition) is 7. The summed E-state index contributed by atoms with van der Waals surface area (Å²) in [4.78, 5) is 16.9. The highest BCUT2D eigenvalue weighted by molar-refractivity contribution is 5.94. The molecule has 4 rings (SSSR count). The van der Waals surface area contributed by atoms with Gasteiger partial charge in [0.25, 0.3) is 5.91 Å². The van der Waals surface area contributed by atoms with E-state index in [-0.39, 0.29) is 12.5 Å². The van der Waals surface area contributed by atoms with E-state index in [9.17, 15) is 4.79 Å². The fourth-order valence-corrected chi connectivity index (χ4v) is 3.50. The molecule has 3 aromatic carbocycles. The number of carbonyl (C=O) groups is 1. The molecule has 0 saturated carbocycles. The molecule has 0 radical (unpaired) electrons. The van der Waals surface area contributed by atoms with Crippen LogP contribution in [0.1, 0.15) is 12.5 Å². The second-order valence-electron chi connectivity index (χ2n) is 7.45. The molecule has 0 atom stereocenters. The van der Waals surface area contributed by atoms with E-state index >= 15 is 0 Å². The number of methoxy groups -OCH3 is 3. The Morgan fingerprint density at radius 2 is 1.65 bits per heavy atom. The van der Waals surface area contributed by atoms with Crippen LogP contribution >= 0.6 is 0 Å². The van der Waals surface area contributed by atoms with Gasteiger partial charge in [-0.05, 0) is 54.4 Å². The maximum Gasteiger partial charge on any atom is 0.262 e. The van der Waals surface area contributed by atoms with Crippen LogP contribution in [0.5, 0.6) is 23.0 Å². The van der Waals surface area contributed by atoms with Crippen LogP contribution in [0.25, 0.3) is 22.6 Å². The van der Waals surface area contributed by atoms with E-state index in [1.54, 1.807) is 51.7 Å². The molecule has 4 aromatic rings. The Kier molecular flexibility index (Phi) is 6.87. The van der Waals surface area contributed by atoms with Gasteiger partial charge in [-0.25, -0.2) is 4.98 Å². The second kappa shape index (κ2) is 10.2. The lowest BCUT2D eigenvalue weighted by Gasteiger charge is -2.12. The lowest BCUT2D eigenvalue weighted by molar-refractivity contribution is -0.118. The van der Waals surface area contributed by atoms with Gasteiger partial charge in [0, 0.05) is 11.3 Å². The van der Waals surface area contributed by atoms with Gasteiger partial charge < -0.3 is 28.7 Å². The molecule has 8 nitrogen and oxygen atoms in total. The zero-order chi connectivity index (χ0) is 24.1. The van der Waals surface area contributed by atoms with Crippen LogP contribution < -0.4 is 24.3 Å². The van der Waals surface area contributed by atoms with Crippen LogP contribution in [-0.4, -0.2) is 38.8 Å². The number of amides is 1. The number of nitrogens with zero attached hydrogens (tertiary/aromatic N) is 1. The minimum atomic E-state index is -0.271. The molecule has 176 valence electrons. The normalized spacial score (nSPS) is 10.7. The van der Waals surface area contributed by atoms with Crippen molar-refractivity contribution in [2.75, 3.05) is 33.3 Å². The van der Waals surface area contributed by atoms with Crippen LogP contribution in [0.4, 0.5) is 5.69 Å². The van der Waals surface area contributed by atoms with Gasteiger partial charge in [0.15, 0.2) is 23.7 Å². The lowest BCUT2D eigenvalue weighted by atomic mass is 10.2. The summed E-state index contributed by atoms with van der Waals surface area (Å²) in [6, 6.07) is 16.5. The Morgan fingerprint density at radius 1 is 0.941 bits per heavy atom. The largest absolute Gasteiger partial charge is 0.493 e. The molecule has 0 spiro atoms. The highest BCUT2D eigenvalue weighted by Crippen LogP contribution is 2.41. The summed E-state index contributed by atoms with van der Waals surface area (Å²) in [7, 11) is 4.64. The maximum atomic E-state index is 12.4. The smallest absolute Gasteiger partial charge is 0.262 e. The van der Waals surface area contributed by atoms with Gasteiger partial charge in [0.05, 0.1) is 21.3 Å². The number of aromatic nitrogens is 1. The fraction of sp³-hybridized carbons (Fsp3) is 0.231. The molecule has 0 aliphatic rings. The molecule has 1 amide bonds.